The van der Waals surface area contributed by atoms with E-state index in [1.807, 2.05) is 25.1 Å². The standard InChI is InChI=1S/C16H13ClFNO/c1-11-5-2-3-8-15(11)19-16(20)10-9-12-13(17)6-4-7-14(12)18/h2-10H,1H3,(H,19,20)/b10-9+. The van der Waals surface area contributed by atoms with Gasteiger partial charge < -0.3 is 5.32 Å². The summed E-state index contributed by atoms with van der Waals surface area (Å²) in [7, 11) is 0. The zero-order valence-electron chi connectivity index (χ0n) is 10.9. The molecule has 0 unspecified atom stereocenters. The maximum Gasteiger partial charge on any atom is 0.248 e. The van der Waals surface area contributed by atoms with Crippen molar-refractivity contribution in [2.24, 2.45) is 0 Å². The minimum Gasteiger partial charge on any atom is -0.322 e. The summed E-state index contributed by atoms with van der Waals surface area (Å²) < 4.78 is 13.5. The number of hydrogen-bond acceptors (Lipinski definition) is 1. The average molecular weight is 290 g/mol. The van der Waals surface area contributed by atoms with Gasteiger partial charge in [-0.3, -0.25) is 4.79 Å². The Bertz CT molecular complexity index is 647. The Morgan fingerprint density at radius 1 is 1.20 bits per heavy atom. The average Bonchev–Trinajstić information content (AvgIpc) is 2.41. The first-order valence-electron chi connectivity index (χ1n) is 6.06. The lowest BCUT2D eigenvalue weighted by Gasteiger charge is -2.05. The summed E-state index contributed by atoms with van der Waals surface area (Å²) in [4.78, 5) is 11.8. The quantitative estimate of drug-likeness (QED) is 0.832. The first kappa shape index (κ1) is 14.3. The third-order valence-electron chi connectivity index (χ3n) is 2.80. The third-order valence-corrected chi connectivity index (χ3v) is 3.13. The van der Waals surface area contributed by atoms with E-state index < -0.39 is 5.82 Å². The highest BCUT2D eigenvalue weighted by atomic mass is 35.5. The van der Waals surface area contributed by atoms with Crippen molar-refractivity contribution in [2.75, 3.05) is 5.32 Å². The van der Waals surface area contributed by atoms with Crippen LogP contribution in [0.2, 0.25) is 5.02 Å². The first-order valence-corrected chi connectivity index (χ1v) is 6.44. The van der Waals surface area contributed by atoms with E-state index in [-0.39, 0.29) is 16.5 Å². The summed E-state index contributed by atoms with van der Waals surface area (Å²) in [6.07, 6.45) is 2.63. The summed E-state index contributed by atoms with van der Waals surface area (Å²) in [6.45, 7) is 1.90. The van der Waals surface area contributed by atoms with Gasteiger partial charge in [-0.2, -0.15) is 0 Å². The van der Waals surface area contributed by atoms with Crippen LogP contribution in [0.3, 0.4) is 0 Å². The number of carbonyl (C=O) groups excluding carboxylic acids is 1. The molecular formula is C16H13ClFNO. The molecule has 0 heterocycles. The van der Waals surface area contributed by atoms with Gasteiger partial charge in [-0.25, -0.2) is 4.39 Å². The largest absolute Gasteiger partial charge is 0.322 e. The Balaban J connectivity index is 2.12. The summed E-state index contributed by atoms with van der Waals surface area (Å²) in [5.74, 6) is -0.795. The number of aryl methyl sites for hydroxylation is 1. The molecule has 102 valence electrons. The lowest BCUT2D eigenvalue weighted by Crippen LogP contribution is -2.08. The third kappa shape index (κ3) is 3.45. The topological polar surface area (TPSA) is 29.1 Å². The number of rotatable bonds is 3. The smallest absolute Gasteiger partial charge is 0.248 e. The van der Waals surface area contributed by atoms with Gasteiger partial charge in [0.25, 0.3) is 0 Å². The molecule has 0 fully saturated rings. The predicted molar refractivity (Wildman–Crippen MR) is 80.3 cm³/mol. The highest BCUT2D eigenvalue weighted by Gasteiger charge is 2.04. The van der Waals surface area contributed by atoms with Gasteiger partial charge in [0, 0.05) is 17.3 Å². The highest BCUT2D eigenvalue weighted by molar-refractivity contribution is 6.32. The Labute approximate surface area is 121 Å². The Morgan fingerprint density at radius 2 is 1.95 bits per heavy atom. The lowest BCUT2D eigenvalue weighted by molar-refractivity contribution is -0.111. The van der Waals surface area contributed by atoms with Gasteiger partial charge in [0.15, 0.2) is 0 Å². The molecule has 0 bridgehead atoms. The second-order valence-electron chi connectivity index (χ2n) is 4.27. The molecule has 4 heteroatoms. The molecule has 2 rings (SSSR count). The second-order valence-corrected chi connectivity index (χ2v) is 4.68. The van der Waals surface area contributed by atoms with Crippen LogP contribution in [0.15, 0.2) is 48.5 Å². The zero-order valence-corrected chi connectivity index (χ0v) is 11.6. The van der Waals surface area contributed by atoms with Crippen LogP contribution in [-0.4, -0.2) is 5.91 Å². The summed E-state index contributed by atoms with van der Waals surface area (Å²) >= 11 is 5.88. The fourth-order valence-electron chi connectivity index (χ4n) is 1.72. The SMILES string of the molecule is Cc1ccccc1NC(=O)/C=C/c1c(F)cccc1Cl. The van der Waals surface area contributed by atoms with Gasteiger partial charge in [0.2, 0.25) is 5.91 Å². The van der Waals surface area contributed by atoms with E-state index in [9.17, 15) is 9.18 Å². The minimum atomic E-state index is -0.461. The number of carbonyl (C=O) groups is 1. The molecule has 1 N–H and O–H groups in total. The molecule has 0 saturated carbocycles. The minimum absolute atomic E-state index is 0.203. The monoisotopic (exact) mass is 289 g/mol. The molecule has 2 nitrogen and oxygen atoms in total. The molecule has 0 aliphatic carbocycles. The Kier molecular flexibility index (Phi) is 4.53. The molecule has 0 atom stereocenters. The van der Waals surface area contributed by atoms with Crippen LogP contribution in [0.25, 0.3) is 6.08 Å². The van der Waals surface area contributed by atoms with E-state index in [0.717, 1.165) is 11.3 Å². The van der Waals surface area contributed by atoms with Crippen molar-refractivity contribution < 1.29 is 9.18 Å². The maximum absolute atomic E-state index is 13.5. The Hall–Kier alpha value is -2.13. The number of benzene rings is 2. The fourth-order valence-corrected chi connectivity index (χ4v) is 1.94. The second kappa shape index (κ2) is 6.35. The van der Waals surface area contributed by atoms with Crippen molar-refractivity contribution >= 4 is 29.3 Å². The van der Waals surface area contributed by atoms with E-state index in [2.05, 4.69) is 5.32 Å². The number of amides is 1. The molecule has 2 aromatic rings. The van der Waals surface area contributed by atoms with Crippen molar-refractivity contribution in [1.29, 1.82) is 0 Å². The van der Waals surface area contributed by atoms with Gasteiger partial charge in [-0.1, -0.05) is 35.9 Å². The van der Waals surface area contributed by atoms with Crippen molar-refractivity contribution in [3.63, 3.8) is 0 Å². The van der Waals surface area contributed by atoms with E-state index in [0.29, 0.717) is 0 Å². The van der Waals surface area contributed by atoms with Crippen LogP contribution in [0.1, 0.15) is 11.1 Å². The number of hydrogen-bond donors (Lipinski definition) is 1. The van der Waals surface area contributed by atoms with Crippen molar-refractivity contribution in [3.05, 3.63) is 70.5 Å². The Morgan fingerprint density at radius 3 is 2.65 bits per heavy atom. The van der Waals surface area contributed by atoms with Crippen LogP contribution >= 0.6 is 11.6 Å². The van der Waals surface area contributed by atoms with Gasteiger partial charge in [0.05, 0.1) is 5.02 Å². The van der Waals surface area contributed by atoms with Crippen LogP contribution in [0.4, 0.5) is 10.1 Å². The van der Waals surface area contributed by atoms with E-state index in [4.69, 9.17) is 11.6 Å². The molecule has 20 heavy (non-hydrogen) atoms. The molecule has 0 aromatic heterocycles. The molecule has 0 aliphatic heterocycles. The summed E-state index contributed by atoms with van der Waals surface area (Å²) in [6, 6.07) is 11.8. The van der Waals surface area contributed by atoms with Crippen LogP contribution in [0, 0.1) is 12.7 Å². The van der Waals surface area contributed by atoms with Crippen LogP contribution < -0.4 is 5.32 Å². The number of halogens is 2. The molecule has 0 saturated heterocycles. The van der Waals surface area contributed by atoms with Crippen LogP contribution in [-0.2, 0) is 4.79 Å². The molecule has 0 spiro atoms. The molecule has 1 amide bonds. The van der Waals surface area contributed by atoms with Crippen molar-refractivity contribution in [2.45, 2.75) is 6.92 Å². The predicted octanol–water partition coefficient (Wildman–Crippen LogP) is 4.44. The van der Waals surface area contributed by atoms with E-state index in [1.54, 1.807) is 12.1 Å². The van der Waals surface area contributed by atoms with Gasteiger partial charge >= 0.3 is 0 Å². The summed E-state index contributed by atoms with van der Waals surface area (Å²) in [5, 5.41) is 3.00. The summed E-state index contributed by atoms with van der Waals surface area (Å²) in [5.41, 5.74) is 1.88. The molecule has 2 aromatic carbocycles. The molecule has 0 radical (unpaired) electrons. The molecule has 0 aliphatic rings. The first-order chi connectivity index (χ1) is 9.58. The van der Waals surface area contributed by atoms with Gasteiger partial charge in [0.1, 0.15) is 5.82 Å². The van der Waals surface area contributed by atoms with E-state index >= 15 is 0 Å². The van der Waals surface area contributed by atoms with Crippen molar-refractivity contribution in [1.82, 2.24) is 0 Å². The maximum atomic E-state index is 13.5. The van der Waals surface area contributed by atoms with Crippen molar-refractivity contribution in [3.8, 4) is 0 Å². The number of anilines is 1. The lowest BCUT2D eigenvalue weighted by atomic mass is 10.2. The van der Waals surface area contributed by atoms with Gasteiger partial charge in [-0.15, -0.1) is 0 Å². The van der Waals surface area contributed by atoms with Crippen LogP contribution in [0.5, 0.6) is 0 Å². The molecular weight excluding hydrogens is 277 g/mol. The fraction of sp³-hybridized carbons (Fsp3) is 0.0625. The number of para-hydroxylation sites is 1. The number of nitrogens with one attached hydrogen (secondary N) is 1. The highest BCUT2D eigenvalue weighted by Crippen LogP contribution is 2.20. The zero-order chi connectivity index (χ0) is 14.5. The van der Waals surface area contributed by atoms with E-state index in [1.165, 1.54) is 24.3 Å². The normalized spacial score (nSPS) is 10.8. The van der Waals surface area contributed by atoms with Gasteiger partial charge in [-0.05, 0) is 36.8 Å².